The molecule has 1 saturated carbocycles. The number of nitrogens with one attached hydrogen (secondary N) is 1. The van der Waals surface area contributed by atoms with E-state index in [2.05, 4.69) is 34.8 Å². The van der Waals surface area contributed by atoms with Gasteiger partial charge in [-0.3, -0.25) is 0 Å². The fourth-order valence-corrected chi connectivity index (χ4v) is 3.70. The van der Waals surface area contributed by atoms with Crippen molar-refractivity contribution >= 4 is 11.3 Å². The minimum Gasteiger partial charge on any atom is -0.381 e. The van der Waals surface area contributed by atoms with Crippen LogP contribution in [0.25, 0.3) is 0 Å². The molecule has 19 heavy (non-hydrogen) atoms. The van der Waals surface area contributed by atoms with Crippen LogP contribution < -0.4 is 5.32 Å². The molecule has 0 bridgehead atoms. The molecule has 2 heterocycles. The summed E-state index contributed by atoms with van der Waals surface area (Å²) in [6.45, 7) is 5.15. The van der Waals surface area contributed by atoms with Gasteiger partial charge in [-0.15, -0.1) is 11.3 Å². The molecule has 0 spiro atoms. The molecule has 1 aromatic rings. The molecule has 0 radical (unpaired) electrons. The third-order valence-electron chi connectivity index (χ3n) is 4.14. The fraction of sp³-hybridized carbons (Fsp3) is 0.733. The predicted molar refractivity (Wildman–Crippen MR) is 79.5 cm³/mol. The largest absolute Gasteiger partial charge is 0.381 e. The Morgan fingerprint density at radius 1 is 1.53 bits per heavy atom. The maximum atomic E-state index is 5.69. The van der Waals surface area contributed by atoms with Gasteiger partial charge in [0.15, 0.2) is 0 Å². The van der Waals surface area contributed by atoms with Crippen molar-refractivity contribution < 1.29 is 4.74 Å². The van der Waals surface area contributed by atoms with E-state index in [-0.39, 0.29) is 0 Å². The number of nitrogens with zero attached hydrogens (tertiary/aromatic N) is 1. The molecule has 106 valence electrons. The summed E-state index contributed by atoms with van der Waals surface area (Å²) < 4.78 is 5.69. The second-order valence-electron chi connectivity index (χ2n) is 6.21. The van der Waals surface area contributed by atoms with Gasteiger partial charge in [-0.2, -0.15) is 0 Å². The monoisotopic (exact) mass is 280 g/mol. The first kappa shape index (κ1) is 13.6. The Labute approximate surface area is 119 Å². The van der Waals surface area contributed by atoms with Crippen LogP contribution >= 0.6 is 11.3 Å². The van der Waals surface area contributed by atoms with E-state index in [4.69, 9.17) is 4.74 Å². The highest BCUT2D eigenvalue weighted by atomic mass is 32.1. The molecule has 1 N–H and O–H groups in total. The van der Waals surface area contributed by atoms with Gasteiger partial charge >= 0.3 is 0 Å². The van der Waals surface area contributed by atoms with Crippen LogP contribution in [0, 0.1) is 5.41 Å². The standard InChI is InChI=1S/C15H24N2OS/c1-17(9-14-3-2-8-19-14)11-15(6-7-18-12-15)10-16-13-4-5-13/h2-3,8,13,16H,4-7,9-12H2,1H3. The molecule has 1 aliphatic carbocycles. The number of thiophene rings is 1. The van der Waals surface area contributed by atoms with E-state index in [1.807, 2.05) is 11.3 Å². The first-order valence-corrected chi connectivity index (χ1v) is 8.16. The lowest BCUT2D eigenvalue weighted by Gasteiger charge is -2.32. The summed E-state index contributed by atoms with van der Waals surface area (Å²) in [5.41, 5.74) is 0.328. The van der Waals surface area contributed by atoms with Crippen molar-refractivity contribution in [1.82, 2.24) is 10.2 Å². The van der Waals surface area contributed by atoms with Gasteiger partial charge in [0, 0.05) is 42.6 Å². The van der Waals surface area contributed by atoms with Crippen LogP contribution in [0.4, 0.5) is 0 Å². The Bertz CT molecular complexity index is 383. The van der Waals surface area contributed by atoms with Gasteiger partial charge in [-0.1, -0.05) is 6.07 Å². The van der Waals surface area contributed by atoms with Gasteiger partial charge in [-0.25, -0.2) is 0 Å². The topological polar surface area (TPSA) is 24.5 Å². The lowest BCUT2D eigenvalue weighted by Crippen LogP contribution is -2.44. The van der Waals surface area contributed by atoms with Crippen LogP contribution in [0.3, 0.4) is 0 Å². The molecule has 3 nitrogen and oxygen atoms in total. The van der Waals surface area contributed by atoms with Crippen LogP contribution in [0.5, 0.6) is 0 Å². The van der Waals surface area contributed by atoms with Gasteiger partial charge < -0.3 is 15.0 Å². The quantitative estimate of drug-likeness (QED) is 0.830. The summed E-state index contributed by atoms with van der Waals surface area (Å²) in [4.78, 5) is 3.90. The van der Waals surface area contributed by atoms with Crippen LogP contribution in [0.2, 0.25) is 0 Å². The molecule has 1 saturated heterocycles. The Hall–Kier alpha value is -0.420. The molecule has 2 aliphatic rings. The lowest BCUT2D eigenvalue weighted by molar-refractivity contribution is 0.116. The number of ether oxygens (including phenoxy) is 1. The smallest absolute Gasteiger partial charge is 0.0547 e. The Morgan fingerprint density at radius 2 is 2.42 bits per heavy atom. The van der Waals surface area contributed by atoms with Crippen LogP contribution in [-0.4, -0.2) is 44.3 Å². The van der Waals surface area contributed by atoms with Crippen LogP contribution in [0.15, 0.2) is 17.5 Å². The summed E-state index contributed by atoms with van der Waals surface area (Å²) in [6, 6.07) is 5.15. The van der Waals surface area contributed by atoms with Crippen molar-refractivity contribution in [2.24, 2.45) is 5.41 Å². The minimum absolute atomic E-state index is 0.328. The lowest BCUT2D eigenvalue weighted by atomic mass is 9.86. The van der Waals surface area contributed by atoms with E-state index in [0.717, 1.165) is 38.9 Å². The molecule has 2 fully saturated rings. The third kappa shape index (κ3) is 3.78. The van der Waals surface area contributed by atoms with Crippen LogP contribution in [-0.2, 0) is 11.3 Å². The number of hydrogen-bond donors (Lipinski definition) is 1. The van der Waals surface area contributed by atoms with E-state index in [0.29, 0.717) is 5.41 Å². The molecule has 1 aliphatic heterocycles. The Morgan fingerprint density at radius 3 is 3.05 bits per heavy atom. The fourth-order valence-electron chi connectivity index (χ4n) is 2.91. The minimum atomic E-state index is 0.328. The van der Waals surface area contributed by atoms with E-state index in [1.165, 1.54) is 24.1 Å². The normalized spacial score (nSPS) is 27.3. The van der Waals surface area contributed by atoms with E-state index in [9.17, 15) is 0 Å². The molecule has 0 aromatic carbocycles. The average molecular weight is 280 g/mol. The highest BCUT2D eigenvalue weighted by Crippen LogP contribution is 2.31. The SMILES string of the molecule is CN(Cc1cccs1)CC1(CNC2CC2)CCOC1. The van der Waals surface area contributed by atoms with Crippen molar-refractivity contribution in [2.45, 2.75) is 31.8 Å². The van der Waals surface area contributed by atoms with Crippen LogP contribution in [0.1, 0.15) is 24.1 Å². The van der Waals surface area contributed by atoms with Gasteiger partial charge in [0.1, 0.15) is 0 Å². The summed E-state index contributed by atoms with van der Waals surface area (Å²) in [7, 11) is 2.23. The Kier molecular flexibility index (Phi) is 4.22. The zero-order valence-corrected chi connectivity index (χ0v) is 12.5. The van der Waals surface area contributed by atoms with Gasteiger partial charge in [0.2, 0.25) is 0 Å². The zero-order chi connectivity index (χ0) is 13.1. The molecule has 3 rings (SSSR count). The molecule has 4 heteroatoms. The summed E-state index contributed by atoms with van der Waals surface area (Å²) in [5.74, 6) is 0. The van der Waals surface area contributed by atoms with Gasteiger partial charge in [0.25, 0.3) is 0 Å². The maximum absolute atomic E-state index is 5.69. The molecule has 1 atom stereocenters. The highest BCUT2D eigenvalue weighted by molar-refractivity contribution is 7.09. The van der Waals surface area contributed by atoms with Crippen molar-refractivity contribution in [3.63, 3.8) is 0 Å². The summed E-state index contributed by atoms with van der Waals surface area (Å²) in [5, 5.41) is 5.86. The molecule has 1 aromatic heterocycles. The first-order valence-electron chi connectivity index (χ1n) is 7.28. The third-order valence-corrected chi connectivity index (χ3v) is 5.00. The maximum Gasteiger partial charge on any atom is 0.0547 e. The summed E-state index contributed by atoms with van der Waals surface area (Å²) >= 11 is 1.85. The second kappa shape index (κ2) is 5.92. The van der Waals surface area contributed by atoms with Gasteiger partial charge in [0.05, 0.1) is 6.61 Å². The van der Waals surface area contributed by atoms with Crippen molar-refractivity contribution in [3.05, 3.63) is 22.4 Å². The van der Waals surface area contributed by atoms with E-state index < -0.39 is 0 Å². The van der Waals surface area contributed by atoms with E-state index >= 15 is 0 Å². The molecule has 1 unspecified atom stereocenters. The average Bonchev–Trinajstić information content (AvgIpc) is 2.87. The predicted octanol–water partition coefficient (Wildman–Crippen LogP) is 2.34. The highest BCUT2D eigenvalue weighted by Gasteiger charge is 2.37. The molecular weight excluding hydrogens is 256 g/mol. The van der Waals surface area contributed by atoms with Crippen molar-refractivity contribution in [2.75, 3.05) is 33.4 Å². The second-order valence-corrected chi connectivity index (χ2v) is 7.24. The van der Waals surface area contributed by atoms with E-state index in [1.54, 1.807) is 0 Å². The first-order chi connectivity index (χ1) is 9.26. The number of rotatable bonds is 7. The van der Waals surface area contributed by atoms with Crippen molar-refractivity contribution in [3.8, 4) is 0 Å². The zero-order valence-electron chi connectivity index (χ0n) is 11.7. The Balaban J connectivity index is 1.53. The molecule has 0 amide bonds. The summed E-state index contributed by atoms with van der Waals surface area (Å²) in [6.07, 6.45) is 3.92. The molecular formula is C15H24N2OS. The number of hydrogen-bond acceptors (Lipinski definition) is 4. The van der Waals surface area contributed by atoms with Gasteiger partial charge in [-0.05, 0) is 37.8 Å². The van der Waals surface area contributed by atoms with Crippen molar-refractivity contribution in [1.29, 1.82) is 0 Å².